The van der Waals surface area contributed by atoms with Gasteiger partial charge in [-0.25, -0.2) is 0 Å². The average molecular weight is 257 g/mol. The molecular weight excluding hydrogens is 240 g/mol. The molecule has 0 aromatic carbocycles. The van der Waals surface area contributed by atoms with Gasteiger partial charge in [-0.1, -0.05) is 6.07 Å². The summed E-state index contributed by atoms with van der Waals surface area (Å²) in [6.07, 6.45) is 3.44. The fourth-order valence-corrected chi connectivity index (χ4v) is 0.968. The predicted octanol–water partition coefficient (Wildman–Crippen LogP) is 0.614. The van der Waals surface area contributed by atoms with Crippen molar-refractivity contribution in [3.05, 3.63) is 30.1 Å². The molecule has 0 aliphatic heterocycles. The molecule has 17 heavy (non-hydrogen) atoms. The van der Waals surface area contributed by atoms with Crippen molar-refractivity contribution >= 4 is 24.3 Å². The maximum Gasteiger partial charge on any atom is 0.197 e. The third-order valence-corrected chi connectivity index (χ3v) is 1.88. The molecule has 1 aromatic rings. The first-order valence-corrected chi connectivity index (χ1v) is 4.84. The van der Waals surface area contributed by atoms with Gasteiger partial charge in [0, 0.05) is 33.0 Å². The summed E-state index contributed by atoms with van der Waals surface area (Å²) in [5.74, 6) is 0.270. The average Bonchev–Trinajstić information content (AvgIpc) is 2.27. The molecule has 6 nitrogen and oxygen atoms in total. The monoisotopic (exact) mass is 256 g/mol. The van der Waals surface area contributed by atoms with Crippen LogP contribution >= 0.6 is 12.4 Å². The molecule has 4 N–H and O–H groups in total. The topological polar surface area (TPSA) is 87.9 Å². The minimum Gasteiger partial charge on any atom is -0.352 e. The van der Waals surface area contributed by atoms with Crippen LogP contribution in [0.25, 0.3) is 0 Å². The van der Waals surface area contributed by atoms with E-state index in [0.29, 0.717) is 6.54 Å². The zero-order chi connectivity index (χ0) is 12.0. The van der Waals surface area contributed by atoms with Crippen molar-refractivity contribution in [3.8, 4) is 0 Å². The number of halogens is 1. The second-order valence-corrected chi connectivity index (χ2v) is 3.46. The molecular formula is C10H17ClN6. The lowest BCUT2D eigenvalue weighted by atomic mass is 10.3. The van der Waals surface area contributed by atoms with Crippen LogP contribution in [0.5, 0.6) is 0 Å². The summed E-state index contributed by atoms with van der Waals surface area (Å²) in [5, 5.41) is 20.5. The smallest absolute Gasteiger partial charge is 0.197 e. The van der Waals surface area contributed by atoms with Crippen LogP contribution in [0, 0.1) is 10.8 Å². The predicted molar refractivity (Wildman–Crippen MR) is 70.6 cm³/mol. The van der Waals surface area contributed by atoms with Gasteiger partial charge < -0.3 is 10.2 Å². The van der Waals surface area contributed by atoms with Crippen molar-refractivity contribution in [1.29, 1.82) is 10.8 Å². The molecule has 0 amide bonds. The molecule has 0 radical (unpaired) electrons. The first kappa shape index (κ1) is 15.2. The Kier molecular flexibility index (Phi) is 6.65. The van der Waals surface area contributed by atoms with Crippen LogP contribution in [0.3, 0.4) is 0 Å². The Morgan fingerprint density at radius 1 is 1.41 bits per heavy atom. The summed E-state index contributed by atoms with van der Waals surface area (Å²) in [5.41, 5.74) is 0.991. The highest BCUT2D eigenvalue weighted by Crippen LogP contribution is 1.93. The van der Waals surface area contributed by atoms with E-state index in [2.05, 4.69) is 15.6 Å². The summed E-state index contributed by atoms with van der Waals surface area (Å²) < 4.78 is 0. The SMILES string of the molecule is CN(C)C(=N)NC(=N)NCc1cccnc1.Cl. The van der Waals surface area contributed by atoms with Crippen LogP contribution in [0.4, 0.5) is 0 Å². The van der Waals surface area contributed by atoms with Crippen molar-refractivity contribution in [2.45, 2.75) is 6.54 Å². The van der Waals surface area contributed by atoms with Gasteiger partial charge in [0.2, 0.25) is 0 Å². The molecule has 1 aromatic heterocycles. The van der Waals surface area contributed by atoms with Crippen LogP contribution in [0.2, 0.25) is 0 Å². The maximum atomic E-state index is 7.55. The molecule has 7 heteroatoms. The molecule has 0 saturated heterocycles. The summed E-state index contributed by atoms with van der Waals surface area (Å²) in [4.78, 5) is 5.55. The quantitative estimate of drug-likeness (QED) is 0.461. The van der Waals surface area contributed by atoms with Gasteiger partial charge in [-0.3, -0.25) is 21.1 Å². The van der Waals surface area contributed by atoms with Gasteiger partial charge in [0.1, 0.15) is 0 Å². The second-order valence-electron chi connectivity index (χ2n) is 3.46. The van der Waals surface area contributed by atoms with E-state index in [1.807, 2.05) is 12.1 Å². The van der Waals surface area contributed by atoms with Gasteiger partial charge in [0.15, 0.2) is 11.9 Å². The van der Waals surface area contributed by atoms with Crippen molar-refractivity contribution in [2.24, 2.45) is 0 Å². The van der Waals surface area contributed by atoms with Gasteiger partial charge in [0.25, 0.3) is 0 Å². The van der Waals surface area contributed by atoms with E-state index in [4.69, 9.17) is 10.8 Å². The molecule has 1 heterocycles. The molecule has 1 rings (SSSR count). The van der Waals surface area contributed by atoms with Crippen molar-refractivity contribution < 1.29 is 0 Å². The highest BCUT2D eigenvalue weighted by molar-refractivity contribution is 5.95. The van der Waals surface area contributed by atoms with Crippen LogP contribution in [-0.2, 0) is 6.54 Å². The Morgan fingerprint density at radius 2 is 2.12 bits per heavy atom. The summed E-state index contributed by atoms with van der Waals surface area (Å²) in [6, 6.07) is 3.76. The fourth-order valence-electron chi connectivity index (χ4n) is 0.968. The molecule has 0 spiro atoms. The van der Waals surface area contributed by atoms with E-state index in [9.17, 15) is 0 Å². The second kappa shape index (κ2) is 7.45. The Morgan fingerprint density at radius 3 is 2.65 bits per heavy atom. The lowest BCUT2D eigenvalue weighted by Gasteiger charge is -2.16. The van der Waals surface area contributed by atoms with Crippen LogP contribution < -0.4 is 10.6 Å². The minimum absolute atomic E-state index is 0. The fraction of sp³-hybridized carbons (Fsp3) is 0.300. The number of nitrogens with zero attached hydrogens (tertiary/aromatic N) is 2. The van der Waals surface area contributed by atoms with E-state index in [1.165, 1.54) is 0 Å². The van der Waals surface area contributed by atoms with Crippen molar-refractivity contribution in [3.63, 3.8) is 0 Å². The van der Waals surface area contributed by atoms with Crippen LogP contribution in [0.1, 0.15) is 5.56 Å². The Hall–Kier alpha value is -1.82. The zero-order valence-electron chi connectivity index (χ0n) is 9.82. The van der Waals surface area contributed by atoms with E-state index in [1.54, 1.807) is 31.4 Å². The lowest BCUT2D eigenvalue weighted by Crippen LogP contribution is -2.45. The molecule has 0 fully saturated rings. The number of aromatic nitrogens is 1. The van der Waals surface area contributed by atoms with E-state index < -0.39 is 0 Å². The summed E-state index contributed by atoms with van der Waals surface area (Å²) >= 11 is 0. The lowest BCUT2D eigenvalue weighted by molar-refractivity contribution is 0.597. The van der Waals surface area contributed by atoms with Crippen LogP contribution in [0.15, 0.2) is 24.5 Å². The van der Waals surface area contributed by atoms with Gasteiger partial charge in [-0.05, 0) is 11.6 Å². The highest BCUT2D eigenvalue weighted by Gasteiger charge is 2.01. The Bertz CT molecular complexity index is 364. The Balaban J connectivity index is 0.00000256. The summed E-state index contributed by atoms with van der Waals surface area (Å²) in [6.45, 7) is 0.514. The number of hydrogen-bond donors (Lipinski definition) is 4. The van der Waals surface area contributed by atoms with Crippen LogP contribution in [-0.4, -0.2) is 35.9 Å². The third-order valence-electron chi connectivity index (χ3n) is 1.88. The van der Waals surface area contributed by atoms with Gasteiger partial charge in [0.05, 0.1) is 0 Å². The molecule has 0 saturated carbocycles. The molecule has 0 atom stereocenters. The standard InChI is InChI=1S/C10H16N6.ClH/c1-16(2)10(12)15-9(11)14-7-8-4-3-5-13-6-8;/h3-6H,7H2,1-2H3,(H4,11,12,14,15);1H. The largest absolute Gasteiger partial charge is 0.352 e. The first-order valence-electron chi connectivity index (χ1n) is 4.84. The first-order chi connectivity index (χ1) is 7.59. The van der Waals surface area contributed by atoms with Crippen molar-refractivity contribution in [2.75, 3.05) is 14.1 Å². The molecule has 94 valence electrons. The summed E-state index contributed by atoms with van der Waals surface area (Å²) in [7, 11) is 3.48. The van der Waals surface area contributed by atoms with E-state index >= 15 is 0 Å². The molecule has 0 aliphatic carbocycles. The van der Waals surface area contributed by atoms with Gasteiger partial charge >= 0.3 is 0 Å². The third kappa shape index (κ3) is 5.72. The molecule has 0 unspecified atom stereocenters. The number of rotatable bonds is 2. The molecule has 0 bridgehead atoms. The van der Waals surface area contributed by atoms with Gasteiger partial charge in [-0.2, -0.15) is 0 Å². The van der Waals surface area contributed by atoms with E-state index in [0.717, 1.165) is 5.56 Å². The van der Waals surface area contributed by atoms with E-state index in [-0.39, 0.29) is 24.3 Å². The number of hydrogen-bond acceptors (Lipinski definition) is 3. The zero-order valence-corrected chi connectivity index (χ0v) is 10.6. The Labute approximate surface area is 107 Å². The van der Waals surface area contributed by atoms with Gasteiger partial charge in [-0.15, -0.1) is 12.4 Å². The number of nitrogens with one attached hydrogen (secondary N) is 4. The highest BCUT2D eigenvalue weighted by atomic mass is 35.5. The number of pyridine rings is 1. The number of guanidine groups is 2. The molecule has 0 aliphatic rings. The normalized spacial score (nSPS) is 8.82. The minimum atomic E-state index is 0. The van der Waals surface area contributed by atoms with Crippen molar-refractivity contribution in [1.82, 2.24) is 20.5 Å². The maximum absolute atomic E-state index is 7.55.